The molecule has 0 amide bonds. The standard InChI is InChI=1S/C12H15NO2/c1-8-5-11(10(3)13-7-14)6-9(2)12(8)15-4/h5-6,10H,1-4H3. The summed E-state index contributed by atoms with van der Waals surface area (Å²) in [6.45, 7) is 5.82. The molecule has 15 heavy (non-hydrogen) atoms. The van der Waals surface area contributed by atoms with Gasteiger partial charge in [0.1, 0.15) is 5.75 Å². The first kappa shape index (κ1) is 11.5. The van der Waals surface area contributed by atoms with Crippen LogP contribution in [0.2, 0.25) is 0 Å². The number of carbonyl (C=O) groups excluding carboxylic acids is 1. The van der Waals surface area contributed by atoms with Crippen LogP contribution in [0.15, 0.2) is 17.1 Å². The summed E-state index contributed by atoms with van der Waals surface area (Å²) in [4.78, 5) is 13.9. The maximum absolute atomic E-state index is 10.2. The molecule has 0 heterocycles. The number of hydrogen-bond donors (Lipinski definition) is 0. The van der Waals surface area contributed by atoms with Crippen LogP contribution < -0.4 is 4.74 Å². The Hall–Kier alpha value is -1.60. The summed E-state index contributed by atoms with van der Waals surface area (Å²) in [5, 5.41) is 0. The Morgan fingerprint density at radius 1 is 1.33 bits per heavy atom. The number of aliphatic imine (C=N–C) groups is 1. The number of aryl methyl sites for hydroxylation is 2. The second-order valence-corrected chi connectivity index (χ2v) is 3.58. The molecule has 0 aliphatic carbocycles. The van der Waals surface area contributed by atoms with Crippen LogP contribution in [0.4, 0.5) is 0 Å². The molecule has 0 saturated carbocycles. The van der Waals surface area contributed by atoms with Crippen LogP contribution in [0.5, 0.6) is 5.75 Å². The fourth-order valence-electron chi connectivity index (χ4n) is 1.70. The highest BCUT2D eigenvalue weighted by molar-refractivity contribution is 5.45. The quantitative estimate of drug-likeness (QED) is 0.562. The summed E-state index contributed by atoms with van der Waals surface area (Å²) < 4.78 is 5.26. The highest BCUT2D eigenvalue weighted by Gasteiger charge is 2.09. The molecule has 0 aromatic heterocycles. The molecule has 0 bridgehead atoms. The molecule has 3 nitrogen and oxygen atoms in total. The van der Waals surface area contributed by atoms with E-state index in [0.717, 1.165) is 22.4 Å². The number of methoxy groups -OCH3 is 1. The molecule has 1 aromatic carbocycles. The van der Waals surface area contributed by atoms with E-state index in [1.165, 1.54) is 0 Å². The summed E-state index contributed by atoms with van der Waals surface area (Å²) in [5.74, 6) is 0.890. The zero-order valence-corrected chi connectivity index (χ0v) is 9.50. The third-order valence-electron chi connectivity index (χ3n) is 2.42. The van der Waals surface area contributed by atoms with Crippen molar-refractivity contribution in [1.29, 1.82) is 0 Å². The second kappa shape index (κ2) is 4.76. The predicted octanol–water partition coefficient (Wildman–Crippen LogP) is 2.71. The van der Waals surface area contributed by atoms with Crippen LogP contribution in [-0.4, -0.2) is 13.2 Å². The summed E-state index contributed by atoms with van der Waals surface area (Å²) in [5.41, 5.74) is 3.12. The van der Waals surface area contributed by atoms with Crippen molar-refractivity contribution in [2.24, 2.45) is 4.99 Å². The van der Waals surface area contributed by atoms with Gasteiger partial charge in [0.2, 0.25) is 6.08 Å². The summed E-state index contributed by atoms with van der Waals surface area (Å²) in [7, 11) is 1.65. The first-order chi connectivity index (χ1) is 7.10. The molecule has 80 valence electrons. The molecular weight excluding hydrogens is 190 g/mol. The van der Waals surface area contributed by atoms with Gasteiger partial charge in [-0.15, -0.1) is 0 Å². The van der Waals surface area contributed by atoms with Crippen LogP contribution >= 0.6 is 0 Å². The Balaban J connectivity index is 3.19. The molecule has 0 saturated heterocycles. The largest absolute Gasteiger partial charge is 0.496 e. The number of isocyanates is 1. The van der Waals surface area contributed by atoms with Gasteiger partial charge in [-0.2, -0.15) is 4.99 Å². The molecule has 0 aliphatic rings. The van der Waals surface area contributed by atoms with E-state index < -0.39 is 0 Å². The SMILES string of the molecule is COc1c(C)cc(C(C)N=C=O)cc1C. The Morgan fingerprint density at radius 3 is 2.27 bits per heavy atom. The molecule has 1 unspecified atom stereocenters. The van der Waals surface area contributed by atoms with E-state index in [-0.39, 0.29) is 6.04 Å². The zero-order chi connectivity index (χ0) is 11.4. The van der Waals surface area contributed by atoms with Crippen molar-refractivity contribution in [3.63, 3.8) is 0 Å². The Morgan fingerprint density at radius 2 is 1.87 bits per heavy atom. The maximum Gasteiger partial charge on any atom is 0.235 e. The molecule has 3 heteroatoms. The van der Waals surface area contributed by atoms with Crippen molar-refractivity contribution in [2.75, 3.05) is 7.11 Å². The van der Waals surface area contributed by atoms with Crippen molar-refractivity contribution < 1.29 is 9.53 Å². The van der Waals surface area contributed by atoms with Crippen LogP contribution in [0.25, 0.3) is 0 Å². The van der Waals surface area contributed by atoms with Gasteiger partial charge in [0.15, 0.2) is 0 Å². The molecule has 1 atom stereocenters. The Bertz CT molecular complexity index is 383. The predicted molar refractivity (Wildman–Crippen MR) is 59.0 cm³/mol. The van der Waals surface area contributed by atoms with Gasteiger partial charge >= 0.3 is 0 Å². The second-order valence-electron chi connectivity index (χ2n) is 3.58. The van der Waals surface area contributed by atoms with Gasteiger partial charge in [0, 0.05) is 0 Å². The third-order valence-corrected chi connectivity index (χ3v) is 2.42. The lowest BCUT2D eigenvalue weighted by Gasteiger charge is -2.12. The number of rotatable bonds is 3. The topological polar surface area (TPSA) is 38.7 Å². The molecule has 0 radical (unpaired) electrons. The lowest BCUT2D eigenvalue weighted by Crippen LogP contribution is -1.96. The number of benzene rings is 1. The maximum atomic E-state index is 10.2. The van der Waals surface area contributed by atoms with Gasteiger partial charge in [-0.05, 0) is 37.5 Å². The summed E-state index contributed by atoms with van der Waals surface area (Å²) in [6, 6.07) is 3.82. The van der Waals surface area contributed by atoms with Crippen LogP contribution in [0, 0.1) is 13.8 Å². The molecule has 1 rings (SSSR count). The van der Waals surface area contributed by atoms with E-state index >= 15 is 0 Å². The van der Waals surface area contributed by atoms with E-state index in [4.69, 9.17) is 4.74 Å². The fourth-order valence-corrected chi connectivity index (χ4v) is 1.70. The minimum atomic E-state index is -0.147. The average Bonchev–Trinajstić information content (AvgIpc) is 2.17. The third kappa shape index (κ3) is 2.45. The van der Waals surface area contributed by atoms with Gasteiger partial charge in [-0.1, -0.05) is 12.1 Å². The highest BCUT2D eigenvalue weighted by atomic mass is 16.5. The van der Waals surface area contributed by atoms with Gasteiger partial charge in [0.25, 0.3) is 0 Å². The van der Waals surface area contributed by atoms with E-state index in [9.17, 15) is 4.79 Å². The van der Waals surface area contributed by atoms with Crippen LogP contribution in [0.1, 0.15) is 29.7 Å². The highest BCUT2D eigenvalue weighted by Crippen LogP contribution is 2.28. The first-order valence-electron chi connectivity index (χ1n) is 4.82. The molecular formula is C12H15NO2. The summed E-state index contributed by atoms with van der Waals surface area (Å²) in [6.07, 6.45) is 1.58. The van der Waals surface area contributed by atoms with E-state index in [0.29, 0.717) is 0 Å². The summed E-state index contributed by atoms with van der Waals surface area (Å²) >= 11 is 0. The lowest BCUT2D eigenvalue weighted by atomic mass is 10.0. The van der Waals surface area contributed by atoms with E-state index in [1.807, 2.05) is 32.9 Å². The van der Waals surface area contributed by atoms with Crippen molar-refractivity contribution >= 4 is 6.08 Å². The Labute approximate surface area is 89.8 Å². The van der Waals surface area contributed by atoms with Gasteiger partial charge < -0.3 is 4.74 Å². The van der Waals surface area contributed by atoms with Crippen molar-refractivity contribution in [1.82, 2.24) is 0 Å². The molecule has 0 fully saturated rings. The van der Waals surface area contributed by atoms with Gasteiger partial charge in [-0.25, -0.2) is 4.79 Å². The number of ether oxygens (including phenoxy) is 1. The minimum Gasteiger partial charge on any atom is -0.496 e. The molecule has 1 aromatic rings. The monoisotopic (exact) mass is 205 g/mol. The zero-order valence-electron chi connectivity index (χ0n) is 9.50. The normalized spacial score (nSPS) is 11.7. The number of hydrogen-bond acceptors (Lipinski definition) is 3. The van der Waals surface area contributed by atoms with Crippen molar-refractivity contribution in [3.8, 4) is 5.75 Å². The molecule has 0 N–H and O–H groups in total. The van der Waals surface area contributed by atoms with Crippen LogP contribution in [-0.2, 0) is 4.79 Å². The first-order valence-corrected chi connectivity index (χ1v) is 4.82. The lowest BCUT2D eigenvalue weighted by molar-refractivity contribution is 0.408. The van der Waals surface area contributed by atoms with Crippen molar-refractivity contribution in [3.05, 3.63) is 28.8 Å². The van der Waals surface area contributed by atoms with Crippen molar-refractivity contribution in [2.45, 2.75) is 26.8 Å². The average molecular weight is 205 g/mol. The van der Waals surface area contributed by atoms with Gasteiger partial charge in [0.05, 0.1) is 13.2 Å². The van der Waals surface area contributed by atoms with Gasteiger partial charge in [-0.3, -0.25) is 0 Å². The molecule has 0 aliphatic heterocycles. The molecule has 0 spiro atoms. The number of nitrogens with zero attached hydrogens (tertiary/aromatic N) is 1. The fraction of sp³-hybridized carbons (Fsp3) is 0.417. The van der Waals surface area contributed by atoms with E-state index in [1.54, 1.807) is 13.2 Å². The minimum absolute atomic E-state index is 0.147. The van der Waals surface area contributed by atoms with Crippen LogP contribution in [0.3, 0.4) is 0 Å². The smallest absolute Gasteiger partial charge is 0.235 e. The van der Waals surface area contributed by atoms with E-state index in [2.05, 4.69) is 4.99 Å². The Kier molecular flexibility index (Phi) is 3.64.